The Bertz CT molecular complexity index is 491. The van der Waals surface area contributed by atoms with Gasteiger partial charge >= 0.3 is 0 Å². The van der Waals surface area contributed by atoms with E-state index in [0.717, 1.165) is 9.32 Å². The number of rotatable bonds is 4. The van der Waals surface area contributed by atoms with Gasteiger partial charge in [-0.15, -0.1) is 0 Å². The Hall–Kier alpha value is -1.30. The molecule has 0 saturated carbocycles. The van der Waals surface area contributed by atoms with Gasteiger partial charge in [-0.25, -0.2) is 0 Å². The van der Waals surface area contributed by atoms with E-state index in [1.165, 1.54) is 0 Å². The Morgan fingerprint density at radius 2 is 2.06 bits per heavy atom. The summed E-state index contributed by atoms with van der Waals surface area (Å²) < 4.78 is 11.8. The van der Waals surface area contributed by atoms with Crippen molar-refractivity contribution in [3.05, 3.63) is 51.5 Å². The van der Waals surface area contributed by atoms with Gasteiger partial charge in [0.05, 0.1) is 3.57 Å². The molecule has 82 valence electrons. The maximum atomic E-state index is 10.4. The van der Waals surface area contributed by atoms with E-state index in [-0.39, 0.29) is 0 Å². The maximum Gasteiger partial charge on any atom is 0.185 e. The van der Waals surface area contributed by atoms with Gasteiger partial charge in [0.1, 0.15) is 18.1 Å². The first kappa shape index (κ1) is 11.2. The van der Waals surface area contributed by atoms with Crippen molar-refractivity contribution in [2.24, 2.45) is 0 Å². The molecule has 0 fully saturated rings. The van der Waals surface area contributed by atoms with Crippen LogP contribution in [0.3, 0.4) is 0 Å². The molecule has 1 aromatic carbocycles. The van der Waals surface area contributed by atoms with Crippen molar-refractivity contribution in [3.8, 4) is 5.75 Å². The lowest BCUT2D eigenvalue weighted by Gasteiger charge is -2.05. The maximum absolute atomic E-state index is 10.4. The first-order valence-corrected chi connectivity index (χ1v) is 5.78. The van der Waals surface area contributed by atoms with Gasteiger partial charge < -0.3 is 9.15 Å². The lowest BCUT2D eigenvalue weighted by Crippen LogP contribution is -1.95. The molecule has 1 heterocycles. The van der Waals surface area contributed by atoms with Gasteiger partial charge in [0, 0.05) is 0 Å². The fraction of sp³-hybridized carbons (Fsp3) is 0.0833. The van der Waals surface area contributed by atoms with E-state index >= 15 is 0 Å². The van der Waals surface area contributed by atoms with Crippen molar-refractivity contribution in [3.63, 3.8) is 0 Å². The molecule has 0 unspecified atom stereocenters. The summed E-state index contributed by atoms with van der Waals surface area (Å²) in [7, 11) is 0. The highest BCUT2D eigenvalue weighted by atomic mass is 127. The Morgan fingerprint density at radius 1 is 1.25 bits per heavy atom. The molecule has 2 aromatic rings. The average Bonchev–Trinajstić information content (AvgIpc) is 2.76. The molecular formula is C12H9IO3. The van der Waals surface area contributed by atoms with Crippen LogP contribution in [0.4, 0.5) is 0 Å². The Morgan fingerprint density at radius 3 is 2.75 bits per heavy atom. The third-order valence-corrected chi connectivity index (χ3v) is 2.90. The molecule has 0 atom stereocenters. The number of aldehydes is 1. The predicted octanol–water partition coefficient (Wildman–Crippen LogP) is 3.28. The largest absolute Gasteiger partial charge is 0.485 e. The third-order valence-electron chi connectivity index (χ3n) is 2.01. The van der Waals surface area contributed by atoms with Crippen LogP contribution in [0.2, 0.25) is 0 Å². The number of halogens is 1. The number of hydrogen-bond donors (Lipinski definition) is 0. The third kappa shape index (κ3) is 2.63. The normalized spacial score (nSPS) is 10.1. The smallest absolute Gasteiger partial charge is 0.185 e. The van der Waals surface area contributed by atoms with Crippen LogP contribution in [0.25, 0.3) is 0 Å². The summed E-state index contributed by atoms with van der Waals surface area (Å²) in [6.07, 6.45) is 0.676. The molecule has 0 radical (unpaired) electrons. The molecule has 0 saturated heterocycles. The van der Waals surface area contributed by atoms with E-state index < -0.39 is 0 Å². The van der Waals surface area contributed by atoms with Crippen LogP contribution < -0.4 is 4.74 Å². The lowest BCUT2D eigenvalue weighted by atomic mass is 10.3. The summed E-state index contributed by atoms with van der Waals surface area (Å²) in [5.41, 5.74) is 0. The summed E-state index contributed by atoms with van der Waals surface area (Å²) in [6, 6.07) is 11.1. The molecule has 3 nitrogen and oxygen atoms in total. The zero-order valence-electron chi connectivity index (χ0n) is 8.35. The number of para-hydroxylation sites is 1. The number of furan rings is 1. The summed E-state index contributed by atoms with van der Waals surface area (Å²) in [5, 5.41) is 0. The van der Waals surface area contributed by atoms with Gasteiger partial charge in [0.25, 0.3) is 0 Å². The number of hydrogen-bond acceptors (Lipinski definition) is 3. The van der Waals surface area contributed by atoms with Gasteiger partial charge in [-0.05, 0) is 46.9 Å². The standard InChI is InChI=1S/C12H9IO3/c13-11-3-1-2-4-12(11)15-8-10-6-5-9(7-14)16-10/h1-7H,8H2. The van der Waals surface area contributed by atoms with Crippen LogP contribution in [0.1, 0.15) is 16.3 Å². The van der Waals surface area contributed by atoms with Crippen LogP contribution in [-0.2, 0) is 6.61 Å². The lowest BCUT2D eigenvalue weighted by molar-refractivity contribution is 0.109. The fourth-order valence-electron chi connectivity index (χ4n) is 1.25. The fourth-order valence-corrected chi connectivity index (χ4v) is 1.79. The van der Waals surface area contributed by atoms with Crippen molar-refractivity contribution in [1.82, 2.24) is 0 Å². The monoisotopic (exact) mass is 328 g/mol. The molecule has 0 aliphatic heterocycles. The molecule has 4 heteroatoms. The van der Waals surface area contributed by atoms with Gasteiger partial charge in [-0.3, -0.25) is 4.79 Å². The van der Waals surface area contributed by atoms with Crippen molar-refractivity contribution in [2.75, 3.05) is 0 Å². The minimum atomic E-state index is 0.321. The molecule has 0 amide bonds. The Labute approximate surface area is 107 Å². The molecule has 2 rings (SSSR count). The Balaban J connectivity index is 2.02. The first-order chi connectivity index (χ1) is 7.79. The first-order valence-electron chi connectivity index (χ1n) is 4.71. The molecule has 0 aliphatic carbocycles. The molecular weight excluding hydrogens is 319 g/mol. The minimum Gasteiger partial charge on any atom is -0.485 e. The second kappa shape index (κ2) is 5.16. The number of carbonyl (C=O) groups is 1. The second-order valence-corrected chi connectivity index (χ2v) is 4.30. The molecule has 0 aliphatic rings. The van der Waals surface area contributed by atoms with Gasteiger partial charge in [-0.1, -0.05) is 12.1 Å². The zero-order valence-corrected chi connectivity index (χ0v) is 10.5. The van der Waals surface area contributed by atoms with E-state index in [1.807, 2.05) is 24.3 Å². The average molecular weight is 328 g/mol. The van der Waals surface area contributed by atoms with Gasteiger partial charge in [-0.2, -0.15) is 0 Å². The number of carbonyl (C=O) groups excluding carboxylic acids is 1. The highest BCUT2D eigenvalue weighted by molar-refractivity contribution is 14.1. The quantitative estimate of drug-likeness (QED) is 0.639. The summed E-state index contributed by atoms with van der Waals surface area (Å²) in [5.74, 6) is 1.77. The van der Waals surface area contributed by atoms with Gasteiger partial charge in [0.2, 0.25) is 0 Å². The van der Waals surface area contributed by atoms with E-state index in [0.29, 0.717) is 24.4 Å². The highest BCUT2D eigenvalue weighted by Crippen LogP contribution is 2.21. The van der Waals surface area contributed by atoms with E-state index in [1.54, 1.807) is 12.1 Å². The molecule has 0 bridgehead atoms. The Kier molecular flexibility index (Phi) is 3.61. The van der Waals surface area contributed by atoms with Crippen molar-refractivity contribution in [1.29, 1.82) is 0 Å². The second-order valence-electron chi connectivity index (χ2n) is 3.14. The SMILES string of the molecule is O=Cc1ccc(COc2ccccc2I)o1. The van der Waals surface area contributed by atoms with Crippen LogP contribution >= 0.6 is 22.6 Å². The summed E-state index contributed by atoms with van der Waals surface area (Å²) in [4.78, 5) is 10.4. The molecule has 0 N–H and O–H groups in total. The zero-order chi connectivity index (χ0) is 11.4. The van der Waals surface area contributed by atoms with Crippen LogP contribution in [-0.4, -0.2) is 6.29 Å². The number of benzene rings is 1. The van der Waals surface area contributed by atoms with E-state index in [4.69, 9.17) is 9.15 Å². The van der Waals surface area contributed by atoms with E-state index in [2.05, 4.69) is 22.6 Å². The number of ether oxygens (including phenoxy) is 1. The van der Waals surface area contributed by atoms with Crippen LogP contribution in [0, 0.1) is 3.57 Å². The van der Waals surface area contributed by atoms with Crippen molar-refractivity contribution < 1.29 is 13.9 Å². The van der Waals surface area contributed by atoms with Gasteiger partial charge in [0.15, 0.2) is 12.0 Å². The van der Waals surface area contributed by atoms with Crippen LogP contribution in [0.15, 0.2) is 40.8 Å². The van der Waals surface area contributed by atoms with Crippen molar-refractivity contribution in [2.45, 2.75) is 6.61 Å². The highest BCUT2D eigenvalue weighted by Gasteiger charge is 2.03. The molecule has 16 heavy (non-hydrogen) atoms. The summed E-state index contributed by atoms with van der Waals surface area (Å²) >= 11 is 2.20. The topological polar surface area (TPSA) is 39.4 Å². The molecule has 1 aromatic heterocycles. The molecule has 0 spiro atoms. The van der Waals surface area contributed by atoms with Crippen LogP contribution in [0.5, 0.6) is 5.75 Å². The minimum absolute atomic E-state index is 0.321. The van der Waals surface area contributed by atoms with E-state index in [9.17, 15) is 4.79 Å². The predicted molar refractivity (Wildman–Crippen MR) is 67.6 cm³/mol. The van der Waals surface area contributed by atoms with Crippen molar-refractivity contribution >= 4 is 28.9 Å². The summed E-state index contributed by atoms with van der Waals surface area (Å²) in [6.45, 7) is 0.327.